The van der Waals surface area contributed by atoms with Crippen LogP contribution in [0.15, 0.2) is 0 Å². The zero-order valence-electron chi connectivity index (χ0n) is 21.9. The van der Waals surface area contributed by atoms with Crippen molar-refractivity contribution in [2.45, 2.75) is 40.5 Å². The van der Waals surface area contributed by atoms with Crippen molar-refractivity contribution in [3.8, 4) is 0 Å². The lowest BCUT2D eigenvalue weighted by atomic mass is 9.89. The van der Waals surface area contributed by atoms with Gasteiger partial charge in [0.15, 0.2) is 0 Å². The number of carboxylic acids is 1. The zero-order valence-corrected chi connectivity index (χ0v) is 24.6. The fourth-order valence-corrected chi connectivity index (χ4v) is 8.01. The molecule has 15 heteroatoms. The zero-order chi connectivity index (χ0) is 27.8. The molecule has 0 radical (unpaired) electrons. The molecular weight excluding hydrogens is 531 g/mol. The molecule has 3 atom stereocenters. The molecule has 12 nitrogen and oxygen atoms in total. The molecule has 1 rings (SSSR count). The second-order valence-corrected chi connectivity index (χ2v) is 18.1. The summed E-state index contributed by atoms with van der Waals surface area (Å²) in [5, 5.41) is 8.85. The van der Waals surface area contributed by atoms with Crippen LogP contribution in [-0.2, 0) is 23.3 Å². The normalized spacial score (nSPS) is 22.4. The van der Waals surface area contributed by atoms with Gasteiger partial charge in [-0.2, -0.15) is 0 Å². The lowest BCUT2D eigenvalue weighted by molar-refractivity contribution is -0.136. The monoisotopic (exact) mass is 575 g/mol. The van der Waals surface area contributed by atoms with Crippen LogP contribution in [0.25, 0.3) is 0 Å². The Morgan fingerprint density at radius 3 is 1.33 bits per heavy atom. The van der Waals surface area contributed by atoms with Crippen LogP contribution in [0.4, 0.5) is 0 Å². The maximum Gasteiger partial charge on any atom is 0.303 e. The van der Waals surface area contributed by atoms with E-state index in [0.29, 0.717) is 39.3 Å². The molecule has 1 aliphatic heterocycles. The van der Waals surface area contributed by atoms with E-state index in [-0.39, 0.29) is 49.5 Å². The Hall–Kier alpha value is -0.410. The molecule has 0 aromatic rings. The van der Waals surface area contributed by atoms with Gasteiger partial charge in [0.05, 0.1) is 25.3 Å². The fourth-order valence-electron chi connectivity index (χ4n) is 3.71. The van der Waals surface area contributed by atoms with Gasteiger partial charge in [0.2, 0.25) is 22.1 Å². The number of nitrogens with zero attached hydrogens (tertiary/aromatic N) is 3. The fraction of sp³-hybridized carbons (Fsp3) is 0.905. The molecular formula is C21H44N3O9P3. The van der Waals surface area contributed by atoms with Crippen LogP contribution in [0.3, 0.4) is 0 Å². The van der Waals surface area contributed by atoms with Gasteiger partial charge in [-0.25, -0.2) is 0 Å². The Balaban J connectivity index is 2.97. The second kappa shape index (κ2) is 14.1. The van der Waals surface area contributed by atoms with Crippen molar-refractivity contribution >= 4 is 33.9 Å². The summed E-state index contributed by atoms with van der Waals surface area (Å²) in [5.41, 5.74) is -0.601. The SMILES string of the molecule is CCP(=O)(O)CN1CCN(CP(=O)(O)CCC(=O)O)CCN(CP(=O)(O)CCC(=O)C(C)(C)C)CC1. The largest absolute Gasteiger partial charge is 0.481 e. The smallest absolute Gasteiger partial charge is 0.303 e. The van der Waals surface area contributed by atoms with Crippen LogP contribution in [0.2, 0.25) is 0 Å². The predicted molar refractivity (Wildman–Crippen MR) is 140 cm³/mol. The summed E-state index contributed by atoms with van der Waals surface area (Å²) in [7, 11) is -10.8. The molecule has 36 heavy (non-hydrogen) atoms. The highest BCUT2D eigenvalue weighted by atomic mass is 31.2. The van der Waals surface area contributed by atoms with Gasteiger partial charge in [-0.05, 0) is 0 Å². The number of carbonyl (C=O) groups is 2. The van der Waals surface area contributed by atoms with E-state index in [1.807, 2.05) is 0 Å². The molecule has 0 saturated carbocycles. The third-order valence-electron chi connectivity index (χ3n) is 6.15. The van der Waals surface area contributed by atoms with Gasteiger partial charge in [0.25, 0.3) is 0 Å². The first-order valence-electron chi connectivity index (χ1n) is 12.2. The summed E-state index contributed by atoms with van der Waals surface area (Å²) >= 11 is 0. The summed E-state index contributed by atoms with van der Waals surface area (Å²) in [6.45, 7) is 8.92. The van der Waals surface area contributed by atoms with E-state index in [0.717, 1.165) is 0 Å². The van der Waals surface area contributed by atoms with Gasteiger partial charge in [-0.15, -0.1) is 0 Å². The minimum atomic E-state index is -3.77. The van der Waals surface area contributed by atoms with Crippen molar-refractivity contribution < 1.29 is 43.1 Å². The van der Waals surface area contributed by atoms with Gasteiger partial charge >= 0.3 is 5.97 Å². The van der Waals surface area contributed by atoms with Crippen molar-refractivity contribution in [2.24, 2.45) is 5.41 Å². The highest BCUT2D eigenvalue weighted by Crippen LogP contribution is 2.44. The van der Waals surface area contributed by atoms with Crippen LogP contribution in [0.5, 0.6) is 0 Å². The van der Waals surface area contributed by atoms with Crippen molar-refractivity contribution in [3.05, 3.63) is 0 Å². The van der Waals surface area contributed by atoms with E-state index in [9.17, 15) is 38.0 Å². The molecule has 4 N–H and O–H groups in total. The summed E-state index contributed by atoms with van der Waals surface area (Å²) in [6, 6.07) is 0. The topological polar surface area (TPSA) is 176 Å². The van der Waals surface area contributed by atoms with E-state index in [2.05, 4.69) is 0 Å². The minimum Gasteiger partial charge on any atom is -0.481 e. The lowest BCUT2D eigenvalue weighted by Crippen LogP contribution is -2.37. The van der Waals surface area contributed by atoms with Crippen LogP contribution in [0.1, 0.15) is 40.5 Å². The minimum absolute atomic E-state index is 0.00909. The molecule has 0 spiro atoms. The Bertz CT molecular complexity index is 894. The molecule has 0 amide bonds. The van der Waals surface area contributed by atoms with E-state index >= 15 is 0 Å². The number of hydrogen-bond acceptors (Lipinski definition) is 8. The van der Waals surface area contributed by atoms with Gasteiger partial charge in [-0.1, -0.05) is 27.7 Å². The average Bonchev–Trinajstić information content (AvgIpc) is 2.81. The highest BCUT2D eigenvalue weighted by Gasteiger charge is 2.30. The number of rotatable bonds is 13. The summed E-state index contributed by atoms with van der Waals surface area (Å²) in [4.78, 5) is 59.3. The number of hydrogen-bond donors (Lipinski definition) is 4. The molecule has 0 aliphatic carbocycles. The van der Waals surface area contributed by atoms with E-state index in [4.69, 9.17) is 5.11 Å². The molecule has 0 aromatic heterocycles. The molecule has 0 aromatic carbocycles. The maximum atomic E-state index is 12.9. The highest BCUT2D eigenvalue weighted by molar-refractivity contribution is 7.58. The molecule has 1 fully saturated rings. The first kappa shape index (κ1) is 33.6. The molecule has 1 heterocycles. The number of carbonyl (C=O) groups excluding carboxylic acids is 1. The van der Waals surface area contributed by atoms with E-state index in [1.165, 1.54) is 0 Å². The number of aliphatic carboxylic acids is 1. The number of carboxylic acid groups (broad SMARTS) is 1. The van der Waals surface area contributed by atoms with E-state index < -0.39 is 39.9 Å². The Morgan fingerprint density at radius 2 is 1.03 bits per heavy atom. The van der Waals surface area contributed by atoms with Crippen molar-refractivity contribution in [3.63, 3.8) is 0 Å². The van der Waals surface area contributed by atoms with Crippen LogP contribution in [-0.4, -0.2) is 123 Å². The summed E-state index contributed by atoms with van der Waals surface area (Å²) < 4.78 is 37.9. The molecule has 212 valence electrons. The van der Waals surface area contributed by atoms with Crippen LogP contribution < -0.4 is 0 Å². The maximum absolute atomic E-state index is 12.9. The second-order valence-electron chi connectivity index (χ2n) is 10.6. The third-order valence-corrected chi connectivity index (χ3v) is 11.5. The van der Waals surface area contributed by atoms with Gasteiger partial charge in [0, 0.05) is 69.6 Å². The van der Waals surface area contributed by atoms with Crippen LogP contribution in [0, 0.1) is 5.41 Å². The standard InChI is InChI=1S/C21H44N3O9P3/c1-5-34(28,29)16-22-8-10-23(17-35(30,31)14-6-19(25)21(2,3)4)12-13-24(11-9-22)18-36(32,33)15-7-20(26)27/h5-18H2,1-4H3,(H,26,27)(H,28,29)(H,30,31)(H,32,33). The summed E-state index contributed by atoms with van der Waals surface area (Å²) in [6.07, 6.45) is -1.29. The van der Waals surface area contributed by atoms with Gasteiger partial charge in [-0.3, -0.25) is 38.0 Å². The van der Waals surface area contributed by atoms with E-state index in [1.54, 1.807) is 42.4 Å². The van der Waals surface area contributed by atoms with Crippen molar-refractivity contribution in [2.75, 3.05) is 76.6 Å². The van der Waals surface area contributed by atoms with Gasteiger partial charge in [0.1, 0.15) is 5.78 Å². The lowest BCUT2D eigenvalue weighted by Gasteiger charge is -2.28. The van der Waals surface area contributed by atoms with Crippen molar-refractivity contribution in [1.82, 2.24) is 14.7 Å². The Labute approximate surface area is 214 Å². The predicted octanol–water partition coefficient (Wildman–Crippen LogP) is 2.09. The average molecular weight is 576 g/mol. The Morgan fingerprint density at radius 1 is 0.694 bits per heavy atom. The molecule has 1 saturated heterocycles. The number of ketones is 1. The third kappa shape index (κ3) is 13.9. The molecule has 0 bridgehead atoms. The van der Waals surface area contributed by atoms with Gasteiger partial charge < -0.3 is 19.8 Å². The summed E-state index contributed by atoms with van der Waals surface area (Å²) in [5.74, 6) is -1.26. The molecule has 1 aliphatic rings. The quantitative estimate of drug-likeness (QED) is 0.236. The molecule has 3 unspecified atom stereocenters. The first-order chi connectivity index (χ1) is 16.3. The van der Waals surface area contributed by atoms with Crippen LogP contribution >= 0.6 is 22.1 Å². The Kier molecular flexibility index (Phi) is 13.2. The van der Waals surface area contributed by atoms with Crippen molar-refractivity contribution in [1.29, 1.82) is 0 Å². The number of Topliss-reactive ketones (excluding diaryl/α,β-unsaturated/α-hetero) is 1. The first-order valence-corrected chi connectivity index (χ1v) is 18.3.